The van der Waals surface area contributed by atoms with Gasteiger partial charge in [0.15, 0.2) is 11.5 Å². The largest absolute Gasteiger partial charge is 0.493 e. The number of benzene rings is 1. The lowest BCUT2D eigenvalue weighted by molar-refractivity contribution is -0.118. The van der Waals surface area contributed by atoms with E-state index < -0.39 is 0 Å². The number of hydrogen-bond acceptors (Lipinski definition) is 4. The third-order valence-electron chi connectivity index (χ3n) is 4.71. The average molecular weight is 391 g/mol. The summed E-state index contributed by atoms with van der Waals surface area (Å²) in [6.45, 7) is 5.93. The number of methoxy groups -OCH3 is 1. The molecule has 1 N–H and O–H groups in total. The molecule has 1 aromatic carbocycles. The number of nitrogens with one attached hydrogen (secondary N) is 1. The first-order chi connectivity index (χ1) is 12.8. The summed E-state index contributed by atoms with van der Waals surface area (Å²) in [7, 11) is 1.52. The highest BCUT2D eigenvalue weighted by atomic mass is 35.5. The molecular weight excluding hydrogens is 364 g/mol. The Morgan fingerprint density at radius 3 is 2.67 bits per heavy atom. The van der Waals surface area contributed by atoms with Crippen LogP contribution in [-0.4, -0.2) is 25.2 Å². The van der Waals surface area contributed by atoms with Crippen LogP contribution in [0.25, 0.3) is 6.08 Å². The molecule has 27 heavy (non-hydrogen) atoms. The topological polar surface area (TPSA) is 71.3 Å². The number of carbonyl (C=O) groups is 1. The van der Waals surface area contributed by atoms with Crippen molar-refractivity contribution in [3.8, 4) is 17.6 Å². The van der Waals surface area contributed by atoms with E-state index in [-0.39, 0.29) is 23.6 Å². The Morgan fingerprint density at radius 1 is 1.37 bits per heavy atom. The van der Waals surface area contributed by atoms with E-state index in [1.807, 2.05) is 19.9 Å². The van der Waals surface area contributed by atoms with Crippen molar-refractivity contribution in [1.29, 1.82) is 5.26 Å². The molecule has 2 rings (SSSR count). The highest BCUT2D eigenvalue weighted by Crippen LogP contribution is 2.37. The van der Waals surface area contributed by atoms with Crippen LogP contribution in [-0.2, 0) is 4.79 Å². The minimum Gasteiger partial charge on any atom is -0.493 e. The molecule has 0 unspecified atom stereocenters. The second kappa shape index (κ2) is 9.66. The average Bonchev–Trinajstić information content (AvgIpc) is 2.63. The van der Waals surface area contributed by atoms with Crippen LogP contribution in [0.4, 0.5) is 0 Å². The fourth-order valence-electron chi connectivity index (χ4n) is 3.27. The first-order valence-electron chi connectivity index (χ1n) is 9.32. The fraction of sp³-hybridized carbons (Fsp3) is 0.524. The van der Waals surface area contributed by atoms with Crippen LogP contribution in [0.3, 0.4) is 0 Å². The summed E-state index contributed by atoms with van der Waals surface area (Å²) in [5.74, 6) is 0.977. The number of hydrogen-bond donors (Lipinski definition) is 1. The third-order valence-corrected chi connectivity index (χ3v) is 4.99. The van der Waals surface area contributed by atoms with Gasteiger partial charge in [-0.3, -0.25) is 4.79 Å². The Balaban J connectivity index is 2.24. The SMILES string of the molecule is COc1cc(/C=C(\C#N)C(=O)N[C@H]2CCCC[C@H]2C)cc(Cl)c1OC(C)C. The fourth-order valence-corrected chi connectivity index (χ4v) is 3.53. The number of nitrogens with zero attached hydrogens (tertiary/aromatic N) is 1. The summed E-state index contributed by atoms with van der Waals surface area (Å²) < 4.78 is 11.0. The van der Waals surface area contributed by atoms with E-state index in [4.69, 9.17) is 21.1 Å². The molecule has 0 aromatic heterocycles. The lowest BCUT2D eigenvalue weighted by Gasteiger charge is -2.29. The van der Waals surface area contributed by atoms with Gasteiger partial charge in [-0.15, -0.1) is 0 Å². The van der Waals surface area contributed by atoms with Gasteiger partial charge in [0.1, 0.15) is 11.6 Å². The maximum absolute atomic E-state index is 12.6. The smallest absolute Gasteiger partial charge is 0.262 e. The number of nitriles is 1. The normalized spacial score (nSPS) is 20.1. The van der Waals surface area contributed by atoms with E-state index in [2.05, 4.69) is 12.2 Å². The molecular formula is C21H27ClN2O3. The summed E-state index contributed by atoms with van der Waals surface area (Å²) in [5.41, 5.74) is 0.653. The van der Waals surface area contributed by atoms with E-state index in [9.17, 15) is 10.1 Å². The number of halogens is 1. The Kier molecular flexibility index (Phi) is 7.55. The standard InChI is InChI=1S/C21H27ClN2O3/c1-13(2)27-20-17(22)10-15(11-19(20)26-4)9-16(12-23)21(25)24-18-8-6-5-7-14(18)3/h9-11,13-14,18H,5-8H2,1-4H3,(H,24,25)/b16-9+/t14-,18+/m1/s1. The van der Waals surface area contributed by atoms with Crippen LogP contribution in [0, 0.1) is 17.2 Å². The second-order valence-corrected chi connectivity index (χ2v) is 7.62. The molecule has 0 spiro atoms. The van der Waals surface area contributed by atoms with Crippen molar-refractivity contribution in [3.63, 3.8) is 0 Å². The van der Waals surface area contributed by atoms with Gasteiger partial charge in [0, 0.05) is 6.04 Å². The van der Waals surface area contributed by atoms with E-state index >= 15 is 0 Å². The predicted octanol–water partition coefficient (Wildman–Crippen LogP) is 4.74. The van der Waals surface area contributed by atoms with Gasteiger partial charge < -0.3 is 14.8 Å². The van der Waals surface area contributed by atoms with Crippen LogP contribution in [0.15, 0.2) is 17.7 Å². The number of amides is 1. The Labute approximate surface area is 166 Å². The van der Waals surface area contributed by atoms with Crippen molar-refractivity contribution in [3.05, 3.63) is 28.3 Å². The van der Waals surface area contributed by atoms with Gasteiger partial charge in [0.2, 0.25) is 0 Å². The Bertz CT molecular complexity index is 753. The number of rotatable bonds is 6. The summed E-state index contributed by atoms with van der Waals surface area (Å²) in [6, 6.07) is 5.47. The molecule has 0 heterocycles. The first kappa shape index (κ1) is 21.1. The minimum atomic E-state index is -0.353. The van der Waals surface area contributed by atoms with Crippen LogP contribution in [0.2, 0.25) is 5.02 Å². The quantitative estimate of drug-likeness (QED) is 0.562. The van der Waals surface area contributed by atoms with E-state index in [1.54, 1.807) is 12.1 Å². The highest BCUT2D eigenvalue weighted by Gasteiger charge is 2.24. The maximum atomic E-state index is 12.6. The van der Waals surface area contributed by atoms with Gasteiger partial charge >= 0.3 is 0 Å². The molecule has 6 heteroatoms. The monoisotopic (exact) mass is 390 g/mol. The van der Waals surface area contributed by atoms with Crippen molar-refractivity contribution in [2.24, 2.45) is 5.92 Å². The molecule has 0 aliphatic heterocycles. The van der Waals surface area contributed by atoms with Gasteiger partial charge in [-0.25, -0.2) is 0 Å². The molecule has 146 valence electrons. The molecule has 1 aromatic rings. The zero-order valence-corrected chi connectivity index (χ0v) is 17.1. The lowest BCUT2D eigenvalue weighted by atomic mass is 9.86. The van der Waals surface area contributed by atoms with Crippen molar-refractivity contribution in [2.45, 2.75) is 58.6 Å². The number of ether oxygens (including phenoxy) is 2. The summed E-state index contributed by atoms with van der Waals surface area (Å²) >= 11 is 6.32. The molecule has 0 radical (unpaired) electrons. The van der Waals surface area contributed by atoms with E-state index in [0.29, 0.717) is 28.0 Å². The van der Waals surface area contributed by atoms with Gasteiger partial charge in [0.25, 0.3) is 5.91 Å². The minimum absolute atomic E-state index is 0.0448. The molecule has 1 saturated carbocycles. The zero-order chi connectivity index (χ0) is 20.0. The molecule has 2 atom stereocenters. The summed E-state index contributed by atoms with van der Waals surface area (Å²) in [5, 5.41) is 12.8. The van der Waals surface area contributed by atoms with Crippen LogP contribution < -0.4 is 14.8 Å². The molecule has 1 aliphatic carbocycles. The molecule has 0 saturated heterocycles. The lowest BCUT2D eigenvalue weighted by Crippen LogP contribution is -2.41. The summed E-state index contributed by atoms with van der Waals surface area (Å²) in [4.78, 5) is 12.6. The van der Waals surface area contributed by atoms with Crippen molar-refractivity contribution in [2.75, 3.05) is 7.11 Å². The van der Waals surface area contributed by atoms with E-state index in [0.717, 1.165) is 19.3 Å². The Morgan fingerprint density at radius 2 is 2.07 bits per heavy atom. The maximum Gasteiger partial charge on any atom is 0.262 e. The van der Waals surface area contributed by atoms with Crippen LogP contribution in [0.1, 0.15) is 52.0 Å². The van der Waals surface area contributed by atoms with Gasteiger partial charge in [-0.05, 0) is 56.4 Å². The third kappa shape index (κ3) is 5.64. The molecule has 1 amide bonds. The molecule has 0 bridgehead atoms. The number of carbonyl (C=O) groups excluding carboxylic acids is 1. The van der Waals surface area contributed by atoms with Gasteiger partial charge in [0.05, 0.1) is 18.2 Å². The van der Waals surface area contributed by atoms with Gasteiger partial charge in [-0.1, -0.05) is 31.4 Å². The Hall–Kier alpha value is -2.19. The van der Waals surface area contributed by atoms with Crippen molar-refractivity contribution >= 4 is 23.6 Å². The molecule has 5 nitrogen and oxygen atoms in total. The van der Waals surface area contributed by atoms with Crippen LogP contribution in [0.5, 0.6) is 11.5 Å². The summed E-state index contributed by atoms with van der Waals surface area (Å²) in [6.07, 6.45) is 5.81. The van der Waals surface area contributed by atoms with Crippen molar-refractivity contribution < 1.29 is 14.3 Å². The first-order valence-corrected chi connectivity index (χ1v) is 9.70. The zero-order valence-electron chi connectivity index (χ0n) is 16.3. The van der Waals surface area contributed by atoms with Gasteiger partial charge in [-0.2, -0.15) is 5.26 Å². The van der Waals surface area contributed by atoms with Crippen molar-refractivity contribution in [1.82, 2.24) is 5.32 Å². The second-order valence-electron chi connectivity index (χ2n) is 7.21. The molecule has 1 fully saturated rings. The molecule has 1 aliphatic rings. The van der Waals surface area contributed by atoms with E-state index in [1.165, 1.54) is 19.6 Å². The highest BCUT2D eigenvalue weighted by molar-refractivity contribution is 6.32. The van der Waals surface area contributed by atoms with Crippen LogP contribution >= 0.6 is 11.6 Å². The predicted molar refractivity (Wildman–Crippen MR) is 107 cm³/mol.